The summed E-state index contributed by atoms with van der Waals surface area (Å²) in [4.78, 5) is 10.9. The van der Waals surface area contributed by atoms with Gasteiger partial charge >= 0.3 is 0 Å². The van der Waals surface area contributed by atoms with Crippen molar-refractivity contribution in [1.29, 1.82) is 0 Å². The van der Waals surface area contributed by atoms with Gasteiger partial charge in [0.1, 0.15) is 6.54 Å². The van der Waals surface area contributed by atoms with Crippen molar-refractivity contribution >= 4 is 5.97 Å². The molecule has 0 amide bonds. The zero-order chi connectivity index (χ0) is 19.9. The smallest absolute Gasteiger partial charge is 0.221 e. The Balaban J connectivity index is 3.68. The van der Waals surface area contributed by atoms with Gasteiger partial charge in [0.15, 0.2) is 0 Å². The Kier molecular flexibility index (Phi) is 14.1. The number of aliphatic carboxylic acids is 1. The van der Waals surface area contributed by atoms with Crippen LogP contribution in [-0.4, -0.2) is 55.6 Å². The molecular formula is C21H43NO4. The van der Waals surface area contributed by atoms with Gasteiger partial charge in [-0.3, -0.25) is 0 Å². The van der Waals surface area contributed by atoms with Crippen molar-refractivity contribution in [1.82, 2.24) is 0 Å². The van der Waals surface area contributed by atoms with Crippen LogP contribution in [0.25, 0.3) is 0 Å². The molecule has 0 rings (SSSR count). The number of rotatable bonds is 18. The number of carbonyl (C=O) groups is 1. The van der Waals surface area contributed by atoms with Crippen molar-refractivity contribution < 1.29 is 24.2 Å². The van der Waals surface area contributed by atoms with Crippen LogP contribution in [0.3, 0.4) is 0 Å². The molecule has 0 aliphatic rings. The Hall–Kier alpha value is -0.650. The van der Waals surface area contributed by atoms with Crippen molar-refractivity contribution in [3.8, 4) is 0 Å². The van der Waals surface area contributed by atoms with Gasteiger partial charge in [0.05, 0.1) is 27.7 Å². The number of likely N-dealkylation sites (N-methyl/N-ethyl adjacent to an activating group) is 1. The molecule has 156 valence electrons. The minimum Gasteiger partial charge on any atom is -0.550 e. The summed E-state index contributed by atoms with van der Waals surface area (Å²) >= 11 is 0. The van der Waals surface area contributed by atoms with Crippen molar-refractivity contribution in [2.24, 2.45) is 0 Å². The maximum atomic E-state index is 10.9. The molecule has 0 heterocycles. The fourth-order valence-electron chi connectivity index (χ4n) is 3.32. The normalized spacial score (nSPS) is 14.3. The Morgan fingerprint density at radius 2 is 1.31 bits per heavy atom. The quantitative estimate of drug-likeness (QED) is 0.227. The van der Waals surface area contributed by atoms with Crippen molar-refractivity contribution in [3.05, 3.63) is 0 Å². The van der Waals surface area contributed by atoms with Gasteiger partial charge in [0.2, 0.25) is 5.79 Å². The number of carboxylic acid groups (broad SMARTS) is 1. The largest absolute Gasteiger partial charge is 0.550 e. The summed E-state index contributed by atoms with van der Waals surface area (Å²) in [6.07, 6.45) is 14.6. The van der Waals surface area contributed by atoms with Crippen LogP contribution in [0, 0.1) is 0 Å². The van der Waals surface area contributed by atoms with Gasteiger partial charge in [-0.2, -0.15) is 0 Å². The molecule has 5 heteroatoms. The third kappa shape index (κ3) is 16.8. The van der Waals surface area contributed by atoms with Crippen LogP contribution in [0.5, 0.6) is 0 Å². The number of nitrogens with zero attached hydrogens (tertiary/aromatic N) is 1. The van der Waals surface area contributed by atoms with E-state index < -0.39 is 18.2 Å². The van der Waals surface area contributed by atoms with Crippen LogP contribution in [0.4, 0.5) is 0 Å². The Morgan fingerprint density at radius 1 is 0.885 bits per heavy atom. The topological polar surface area (TPSA) is 69.6 Å². The number of hydrogen-bond acceptors (Lipinski definition) is 4. The second kappa shape index (κ2) is 14.4. The summed E-state index contributed by atoms with van der Waals surface area (Å²) in [6, 6.07) is 0. The second-order valence-corrected chi connectivity index (χ2v) is 8.68. The van der Waals surface area contributed by atoms with E-state index in [-0.39, 0.29) is 6.54 Å². The summed E-state index contributed by atoms with van der Waals surface area (Å²) in [5.41, 5.74) is 0. The molecule has 0 bridgehead atoms. The molecule has 0 spiro atoms. The number of hydrogen-bond donors (Lipinski definition) is 1. The van der Waals surface area contributed by atoms with Crippen molar-refractivity contribution in [2.45, 2.75) is 96.2 Å². The van der Waals surface area contributed by atoms with Gasteiger partial charge in [-0.1, -0.05) is 77.6 Å². The van der Waals surface area contributed by atoms with Crippen LogP contribution in [0.1, 0.15) is 90.4 Å². The van der Waals surface area contributed by atoms with Gasteiger partial charge in [-0.05, 0) is 6.42 Å². The molecule has 0 aromatic heterocycles. The fourth-order valence-corrected chi connectivity index (χ4v) is 3.32. The van der Waals surface area contributed by atoms with Crippen LogP contribution < -0.4 is 5.11 Å². The second-order valence-electron chi connectivity index (χ2n) is 8.68. The van der Waals surface area contributed by atoms with Crippen molar-refractivity contribution in [2.75, 3.05) is 34.3 Å². The molecule has 0 saturated heterocycles. The number of carboxylic acids is 1. The Bertz CT molecular complexity index is 354. The lowest BCUT2D eigenvalue weighted by atomic mass is 10.1. The molecule has 0 saturated carbocycles. The highest BCUT2D eigenvalue weighted by Crippen LogP contribution is 2.17. The molecule has 5 nitrogen and oxygen atoms in total. The van der Waals surface area contributed by atoms with Crippen LogP contribution >= 0.6 is 0 Å². The lowest BCUT2D eigenvalue weighted by molar-refractivity contribution is -0.881. The minimum atomic E-state index is -1.64. The van der Waals surface area contributed by atoms with Crippen LogP contribution in [0.15, 0.2) is 0 Å². The van der Waals surface area contributed by atoms with E-state index in [0.29, 0.717) is 11.1 Å². The predicted octanol–water partition coefficient (Wildman–Crippen LogP) is 3.24. The first kappa shape index (κ1) is 25.4. The third-order valence-electron chi connectivity index (χ3n) is 4.51. The minimum absolute atomic E-state index is 0.221. The molecule has 1 unspecified atom stereocenters. The lowest BCUT2D eigenvalue weighted by Crippen LogP contribution is -2.53. The van der Waals surface area contributed by atoms with Crippen molar-refractivity contribution in [3.63, 3.8) is 0 Å². The fraction of sp³-hybridized carbons (Fsp3) is 0.952. The monoisotopic (exact) mass is 373 g/mol. The maximum absolute atomic E-state index is 10.9. The van der Waals surface area contributed by atoms with E-state index in [4.69, 9.17) is 4.74 Å². The van der Waals surface area contributed by atoms with Crippen LogP contribution in [-0.2, 0) is 9.53 Å². The third-order valence-corrected chi connectivity index (χ3v) is 4.51. The molecule has 1 N–H and O–H groups in total. The maximum Gasteiger partial charge on any atom is 0.221 e. The molecule has 0 aromatic rings. The average molecular weight is 374 g/mol. The summed E-state index contributed by atoms with van der Waals surface area (Å²) < 4.78 is 5.96. The van der Waals surface area contributed by atoms with E-state index in [1.807, 2.05) is 21.1 Å². The number of aliphatic hydroxyl groups is 1. The summed E-state index contributed by atoms with van der Waals surface area (Å²) in [5.74, 6) is -2.93. The van der Waals surface area contributed by atoms with Gasteiger partial charge in [0, 0.05) is 12.4 Å². The Labute approximate surface area is 161 Å². The highest BCUT2D eigenvalue weighted by Gasteiger charge is 2.34. The SMILES string of the molecule is CCCCCCCCCCCCCCOC(O)(CC(=O)[O-])C[N+](C)(C)C. The van der Waals surface area contributed by atoms with E-state index in [0.717, 1.165) is 12.8 Å². The van der Waals surface area contributed by atoms with Gasteiger partial charge in [-0.15, -0.1) is 0 Å². The summed E-state index contributed by atoms with van der Waals surface area (Å²) in [5, 5.41) is 21.3. The molecule has 0 aliphatic carbocycles. The molecule has 0 aromatic carbocycles. The molecule has 0 aliphatic heterocycles. The first-order valence-electron chi connectivity index (χ1n) is 10.6. The van der Waals surface area contributed by atoms with E-state index in [1.54, 1.807) is 0 Å². The number of quaternary nitrogens is 1. The zero-order valence-corrected chi connectivity index (χ0v) is 17.7. The number of ether oxygens (including phenoxy) is 1. The van der Waals surface area contributed by atoms with Gasteiger partial charge in [0.25, 0.3) is 0 Å². The van der Waals surface area contributed by atoms with Gasteiger partial charge < -0.3 is 24.2 Å². The first-order valence-corrected chi connectivity index (χ1v) is 10.6. The van der Waals surface area contributed by atoms with Gasteiger partial charge in [-0.25, -0.2) is 0 Å². The average Bonchev–Trinajstić information content (AvgIpc) is 2.49. The van der Waals surface area contributed by atoms with Crippen LogP contribution in [0.2, 0.25) is 0 Å². The molecule has 0 radical (unpaired) electrons. The molecule has 0 fully saturated rings. The first-order chi connectivity index (χ1) is 12.2. The van der Waals surface area contributed by atoms with E-state index in [9.17, 15) is 15.0 Å². The van der Waals surface area contributed by atoms with E-state index >= 15 is 0 Å². The highest BCUT2D eigenvalue weighted by molar-refractivity contribution is 5.65. The summed E-state index contributed by atoms with van der Waals surface area (Å²) in [7, 11) is 5.69. The van der Waals surface area contributed by atoms with E-state index in [2.05, 4.69) is 6.92 Å². The molecular weight excluding hydrogens is 330 g/mol. The molecule has 1 atom stereocenters. The lowest BCUT2D eigenvalue weighted by Gasteiger charge is -2.35. The summed E-state index contributed by atoms with van der Waals surface area (Å²) in [6.45, 7) is 2.86. The predicted molar refractivity (Wildman–Crippen MR) is 105 cm³/mol. The molecule has 26 heavy (non-hydrogen) atoms. The highest BCUT2D eigenvalue weighted by atomic mass is 16.6. The standard InChI is InChI=1S/C21H43NO4/c1-5-6-7-8-9-10-11-12-13-14-15-16-17-26-21(25,18-20(23)24)19-22(2,3)4/h25H,5-19H2,1-4H3. The van der Waals surface area contributed by atoms with E-state index in [1.165, 1.54) is 64.2 Å². The number of unbranched alkanes of at least 4 members (excludes halogenated alkanes) is 11. The zero-order valence-electron chi connectivity index (χ0n) is 17.7. The Morgan fingerprint density at radius 3 is 1.69 bits per heavy atom. The number of carbonyl (C=O) groups excluding carboxylic acids is 1.